The van der Waals surface area contributed by atoms with Crippen LogP contribution in [0.4, 0.5) is 10.8 Å². The summed E-state index contributed by atoms with van der Waals surface area (Å²) < 4.78 is 7.50. The highest BCUT2D eigenvalue weighted by Gasteiger charge is 2.32. The molecule has 174 valence electrons. The standard InChI is InChI=1S/C23H27N5O4S/c1-23(2)8-17-20(21(31)24-13-23)33-22(26-17)28-5-6-32-19-4-3-14(7-18(19)28)15-9-25-27(10-15)11-16(30)12-29/h3-4,7,9-10,16,29-30H,5-6,8,11-13H2,1-2H3,(H,24,31). The highest BCUT2D eigenvalue weighted by atomic mass is 32.1. The fourth-order valence-electron chi connectivity index (χ4n) is 4.15. The number of hydrogen-bond donors (Lipinski definition) is 3. The number of amides is 1. The zero-order valence-electron chi connectivity index (χ0n) is 18.6. The van der Waals surface area contributed by atoms with Crippen LogP contribution in [0, 0.1) is 5.41 Å². The molecular formula is C23H27N5O4S. The van der Waals surface area contributed by atoms with E-state index in [-0.39, 0.29) is 24.5 Å². The number of aliphatic hydroxyl groups excluding tert-OH is 2. The van der Waals surface area contributed by atoms with Crippen LogP contribution < -0.4 is 15.0 Å². The molecule has 2 aromatic heterocycles. The maximum atomic E-state index is 12.6. The van der Waals surface area contributed by atoms with Gasteiger partial charge in [-0.05, 0) is 29.5 Å². The molecule has 0 saturated heterocycles. The summed E-state index contributed by atoms with van der Waals surface area (Å²) in [5.41, 5.74) is 3.54. The van der Waals surface area contributed by atoms with Crippen LogP contribution >= 0.6 is 11.3 Å². The van der Waals surface area contributed by atoms with Crippen molar-refractivity contribution in [2.24, 2.45) is 5.41 Å². The monoisotopic (exact) mass is 469 g/mol. The largest absolute Gasteiger partial charge is 0.490 e. The Hall–Kier alpha value is -2.95. The Morgan fingerprint density at radius 3 is 3.00 bits per heavy atom. The molecule has 9 nitrogen and oxygen atoms in total. The summed E-state index contributed by atoms with van der Waals surface area (Å²) in [5.74, 6) is 0.710. The lowest BCUT2D eigenvalue weighted by Gasteiger charge is -2.29. The third-order valence-electron chi connectivity index (χ3n) is 5.89. The number of aromatic nitrogens is 3. The van der Waals surface area contributed by atoms with E-state index >= 15 is 0 Å². The Labute approximate surface area is 195 Å². The van der Waals surface area contributed by atoms with Crippen molar-refractivity contribution in [2.45, 2.75) is 32.9 Å². The van der Waals surface area contributed by atoms with Crippen molar-refractivity contribution in [3.8, 4) is 16.9 Å². The van der Waals surface area contributed by atoms with E-state index in [4.69, 9.17) is 14.8 Å². The number of hydrogen-bond acceptors (Lipinski definition) is 8. The minimum atomic E-state index is -0.854. The van der Waals surface area contributed by atoms with E-state index in [2.05, 4.69) is 29.2 Å². The fourth-order valence-corrected chi connectivity index (χ4v) is 5.19. The van der Waals surface area contributed by atoms with Crippen molar-refractivity contribution in [1.82, 2.24) is 20.1 Å². The number of ether oxygens (including phenoxy) is 1. The molecule has 0 spiro atoms. The smallest absolute Gasteiger partial charge is 0.263 e. The Morgan fingerprint density at radius 2 is 2.18 bits per heavy atom. The van der Waals surface area contributed by atoms with Gasteiger partial charge in [0.05, 0.1) is 43.4 Å². The van der Waals surface area contributed by atoms with Gasteiger partial charge in [0.15, 0.2) is 5.13 Å². The van der Waals surface area contributed by atoms with E-state index in [9.17, 15) is 9.90 Å². The molecule has 0 radical (unpaired) electrons. The molecule has 1 aromatic carbocycles. The topological polar surface area (TPSA) is 113 Å². The Balaban J connectivity index is 1.48. The Kier molecular flexibility index (Phi) is 5.59. The predicted octanol–water partition coefficient (Wildman–Crippen LogP) is 2.20. The average Bonchev–Trinajstić information content (AvgIpc) is 3.41. The summed E-state index contributed by atoms with van der Waals surface area (Å²) in [6.07, 6.45) is 3.46. The summed E-state index contributed by atoms with van der Waals surface area (Å²) in [6.45, 7) is 5.99. The maximum Gasteiger partial charge on any atom is 0.263 e. The van der Waals surface area contributed by atoms with Crippen LogP contribution in [0.3, 0.4) is 0 Å². The molecule has 1 unspecified atom stereocenters. The lowest BCUT2D eigenvalue weighted by molar-refractivity contribution is 0.0783. The first-order valence-corrected chi connectivity index (χ1v) is 11.8. The number of carbonyl (C=O) groups is 1. The van der Waals surface area contributed by atoms with E-state index in [0.717, 1.165) is 39.8 Å². The van der Waals surface area contributed by atoms with Crippen LogP contribution in [0.25, 0.3) is 11.1 Å². The highest BCUT2D eigenvalue weighted by Crippen LogP contribution is 2.42. The van der Waals surface area contributed by atoms with Gasteiger partial charge in [-0.15, -0.1) is 0 Å². The SMILES string of the molecule is CC1(C)CNC(=O)c2sc(N3CCOc4ccc(-c5cnn(CC(O)CO)c5)cc43)nc2C1. The maximum absolute atomic E-state index is 12.6. The zero-order chi connectivity index (χ0) is 23.2. The molecule has 0 fully saturated rings. The van der Waals surface area contributed by atoms with Gasteiger partial charge in [-0.1, -0.05) is 31.3 Å². The number of nitrogens with one attached hydrogen (secondary N) is 1. The molecule has 1 atom stereocenters. The van der Waals surface area contributed by atoms with Gasteiger partial charge in [-0.25, -0.2) is 4.98 Å². The van der Waals surface area contributed by atoms with Gasteiger partial charge in [0.2, 0.25) is 0 Å². The summed E-state index contributed by atoms with van der Waals surface area (Å²) in [7, 11) is 0. The Bertz CT molecular complexity index is 1190. The van der Waals surface area contributed by atoms with Gasteiger partial charge in [0.25, 0.3) is 5.91 Å². The number of carbonyl (C=O) groups excluding carboxylic acids is 1. The number of fused-ring (bicyclic) bond motifs is 2. The molecule has 4 heterocycles. The van der Waals surface area contributed by atoms with Crippen molar-refractivity contribution < 1.29 is 19.7 Å². The number of benzene rings is 1. The molecule has 3 N–H and O–H groups in total. The summed E-state index contributed by atoms with van der Waals surface area (Å²) in [5, 5.41) is 26.9. The number of aliphatic hydroxyl groups is 2. The first-order valence-electron chi connectivity index (χ1n) is 11.0. The van der Waals surface area contributed by atoms with Crippen molar-refractivity contribution in [3.05, 3.63) is 41.2 Å². The lowest BCUT2D eigenvalue weighted by Crippen LogP contribution is -2.32. The van der Waals surface area contributed by atoms with Crippen molar-refractivity contribution >= 4 is 28.1 Å². The number of thiazole rings is 1. The van der Waals surface area contributed by atoms with Crippen molar-refractivity contribution in [3.63, 3.8) is 0 Å². The van der Waals surface area contributed by atoms with Crippen LogP contribution in [0.1, 0.15) is 29.2 Å². The third kappa shape index (κ3) is 4.33. The van der Waals surface area contributed by atoms with Gasteiger partial charge < -0.3 is 25.2 Å². The molecule has 2 aliphatic heterocycles. The van der Waals surface area contributed by atoms with E-state index in [1.165, 1.54) is 11.3 Å². The van der Waals surface area contributed by atoms with Crippen molar-refractivity contribution in [2.75, 3.05) is 31.2 Å². The molecule has 1 amide bonds. The normalized spacial score (nSPS) is 18.1. The highest BCUT2D eigenvalue weighted by molar-refractivity contribution is 7.17. The van der Waals surface area contributed by atoms with Crippen LogP contribution in [-0.2, 0) is 13.0 Å². The van der Waals surface area contributed by atoms with E-state index in [0.29, 0.717) is 24.6 Å². The average molecular weight is 470 g/mol. The third-order valence-corrected chi connectivity index (χ3v) is 7.01. The van der Waals surface area contributed by atoms with Gasteiger partial charge in [0, 0.05) is 18.3 Å². The van der Waals surface area contributed by atoms with Gasteiger partial charge in [-0.3, -0.25) is 9.48 Å². The molecule has 5 rings (SSSR count). The molecule has 0 aliphatic carbocycles. The van der Waals surface area contributed by atoms with E-state index < -0.39 is 6.10 Å². The molecular weight excluding hydrogens is 442 g/mol. The quantitative estimate of drug-likeness (QED) is 0.525. The summed E-state index contributed by atoms with van der Waals surface area (Å²) >= 11 is 1.42. The van der Waals surface area contributed by atoms with Crippen LogP contribution in [0.15, 0.2) is 30.6 Å². The predicted molar refractivity (Wildman–Crippen MR) is 125 cm³/mol. The van der Waals surface area contributed by atoms with Gasteiger partial charge in [0.1, 0.15) is 17.2 Å². The fraction of sp³-hybridized carbons (Fsp3) is 0.435. The molecule has 3 aromatic rings. The second-order valence-electron chi connectivity index (χ2n) is 9.27. The minimum absolute atomic E-state index is 0.0495. The first kappa shape index (κ1) is 21.9. The summed E-state index contributed by atoms with van der Waals surface area (Å²) in [6, 6.07) is 5.94. The second-order valence-corrected chi connectivity index (χ2v) is 10.2. The van der Waals surface area contributed by atoms with Gasteiger partial charge >= 0.3 is 0 Å². The summed E-state index contributed by atoms with van der Waals surface area (Å²) in [4.78, 5) is 20.3. The molecule has 10 heteroatoms. The number of rotatable bonds is 5. The number of anilines is 2. The lowest BCUT2D eigenvalue weighted by atomic mass is 9.88. The zero-order valence-corrected chi connectivity index (χ0v) is 19.4. The molecule has 33 heavy (non-hydrogen) atoms. The van der Waals surface area contributed by atoms with Crippen LogP contribution in [0.5, 0.6) is 5.75 Å². The van der Waals surface area contributed by atoms with Crippen molar-refractivity contribution in [1.29, 1.82) is 0 Å². The second kappa shape index (κ2) is 8.44. The van der Waals surface area contributed by atoms with Crippen LogP contribution in [0.2, 0.25) is 0 Å². The molecule has 0 saturated carbocycles. The molecule has 2 aliphatic rings. The first-order chi connectivity index (χ1) is 15.8. The molecule has 0 bridgehead atoms. The van der Waals surface area contributed by atoms with Crippen LogP contribution in [-0.4, -0.2) is 63.3 Å². The minimum Gasteiger partial charge on any atom is -0.490 e. The number of nitrogens with zero attached hydrogens (tertiary/aromatic N) is 4. The Morgan fingerprint density at radius 1 is 1.33 bits per heavy atom. The van der Waals surface area contributed by atoms with E-state index in [1.54, 1.807) is 10.9 Å². The van der Waals surface area contributed by atoms with Gasteiger partial charge in [-0.2, -0.15) is 5.10 Å². The van der Waals surface area contributed by atoms with E-state index in [1.807, 2.05) is 24.4 Å².